The van der Waals surface area contributed by atoms with Gasteiger partial charge in [-0.1, -0.05) is 5.16 Å². The predicted octanol–water partition coefficient (Wildman–Crippen LogP) is 2.10. The molecule has 25 heavy (non-hydrogen) atoms. The first-order valence-electron chi connectivity index (χ1n) is 9.44. The highest BCUT2D eigenvalue weighted by Crippen LogP contribution is 2.41. The van der Waals surface area contributed by atoms with Crippen LogP contribution in [0.5, 0.6) is 0 Å². The van der Waals surface area contributed by atoms with Gasteiger partial charge in [0, 0.05) is 32.0 Å². The van der Waals surface area contributed by atoms with Crippen molar-refractivity contribution in [2.24, 2.45) is 5.92 Å². The lowest BCUT2D eigenvalue weighted by Crippen LogP contribution is -2.51. The molecule has 0 radical (unpaired) electrons. The maximum Gasteiger partial charge on any atom is 0.229 e. The van der Waals surface area contributed by atoms with Crippen LogP contribution in [0.4, 0.5) is 0 Å². The lowest BCUT2D eigenvalue weighted by atomic mass is 9.78. The van der Waals surface area contributed by atoms with Gasteiger partial charge in [0.25, 0.3) is 0 Å². The summed E-state index contributed by atoms with van der Waals surface area (Å²) in [6, 6.07) is 0. The van der Waals surface area contributed by atoms with E-state index in [9.17, 15) is 8.42 Å². The van der Waals surface area contributed by atoms with Crippen molar-refractivity contribution < 1.29 is 17.7 Å². The zero-order valence-corrected chi connectivity index (χ0v) is 15.6. The molecule has 0 aromatic carbocycles. The first-order valence-corrected chi connectivity index (χ1v) is 11.0. The van der Waals surface area contributed by atoms with Gasteiger partial charge < -0.3 is 9.26 Å². The van der Waals surface area contributed by atoms with Crippen LogP contribution in [0, 0.1) is 5.92 Å². The van der Waals surface area contributed by atoms with E-state index in [2.05, 4.69) is 10.1 Å². The Bertz CT molecular complexity index is 705. The molecule has 1 aromatic rings. The number of piperidine rings is 1. The minimum absolute atomic E-state index is 0.171. The number of sulfonamides is 1. The summed E-state index contributed by atoms with van der Waals surface area (Å²) in [4.78, 5) is 4.55. The summed E-state index contributed by atoms with van der Waals surface area (Å²) in [5.74, 6) is 2.76. The average molecular weight is 369 g/mol. The molecule has 4 rings (SSSR count). The van der Waals surface area contributed by atoms with Crippen LogP contribution in [0.1, 0.15) is 63.1 Å². The van der Waals surface area contributed by atoms with E-state index in [4.69, 9.17) is 9.26 Å². The van der Waals surface area contributed by atoms with Crippen LogP contribution in [0.2, 0.25) is 0 Å². The number of ether oxygens (including phenoxy) is 1. The van der Waals surface area contributed by atoms with Crippen LogP contribution in [0.25, 0.3) is 0 Å². The van der Waals surface area contributed by atoms with Gasteiger partial charge in [-0.05, 0) is 51.4 Å². The maximum absolute atomic E-state index is 12.1. The van der Waals surface area contributed by atoms with E-state index < -0.39 is 10.0 Å². The van der Waals surface area contributed by atoms with Crippen molar-refractivity contribution in [3.05, 3.63) is 11.7 Å². The van der Waals surface area contributed by atoms with Crippen molar-refractivity contribution >= 4 is 10.0 Å². The summed E-state index contributed by atoms with van der Waals surface area (Å²) in [5, 5.41) is 4.15. The van der Waals surface area contributed by atoms with Crippen molar-refractivity contribution in [3.8, 4) is 0 Å². The Balaban J connectivity index is 1.36. The van der Waals surface area contributed by atoms with Gasteiger partial charge >= 0.3 is 0 Å². The van der Waals surface area contributed by atoms with Gasteiger partial charge in [-0.2, -0.15) is 4.98 Å². The van der Waals surface area contributed by atoms with Gasteiger partial charge in [0.2, 0.25) is 15.9 Å². The third-order valence-electron chi connectivity index (χ3n) is 5.87. The molecule has 140 valence electrons. The molecule has 1 saturated carbocycles. The molecular formula is C17H27N3O4S. The van der Waals surface area contributed by atoms with E-state index in [1.165, 1.54) is 12.8 Å². The van der Waals surface area contributed by atoms with E-state index in [-0.39, 0.29) is 11.4 Å². The van der Waals surface area contributed by atoms with Crippen molar-refractivity contribution in [2.45, 2.75) is 63.4 Å². The topological polar surface area (TPSA) is 85.5 Å². The van der Waals surface area contributed by atoms with E-state index in [1.807, 2.05) is 0 Å². The van der Waals surface area contributed by atoms with Gasteiger partial charge in [-0.3, -0.25) is 0 Å². The summed E-state index contributed by atoms with van der Waals surface area (Å²) >= 11 is 0. The number of hydrogen-bond acceptors (Lipinski definition) is 6. The molecule has 8 heteroatoms. The number of aromatic nitrogens is 2. The van der Waals surface area contributed by atoms with Crippen molar-refractivity contribution in [2.75, 3.05) is 25.4 Å². The zero-order valence-electron chi connectivity index (χ0n) is 14.8. The Morgan fingerprint density at radius 1 is 1.24 bits per heavy atom. The Morgan fingerprint density at radius 2 is 2.00 bits per heavy atom. The summed E-state index contributed by atoms with van der Waals surface area (Å²) in [6.07, 6.45) is 6.69. The normalized spacial score (nSPS) is 27.6. The predicted molar refractivity (Wildman–Crippen MR) is 91.7 cm³/mol. The van der Waals surface area contributed by atoms with E-state index >= 15 is 0 Å². The molecule has 1 atom stereocenters. The number of hydrogen-bond donors (Lipinski definition) is 0. The molecule has 0 bridgehead atoms. The molecule has 0 amide bonds. The van der Waals surface area contributed by atoms with E-state index in [0.29, 0.717) is 24.9 Å². The molecule has 3 heterocycles. The Kier molecular flexibility index (Phi) is 4.62. The van der Waals surface area contributed by atoms with Crippen molar-refractivity contribution in [1.82, 2.24) is 14.4 Å². The third kappa shape index (κ3) is 3.75. The van der Waals surface area contributed by atoms with Gasteiger partial charge in [-0.15, -0.1) is 0 Å². The monoisotopic (exact) mass is 369 g/mol. The van der Waals surface area contributed by atoms with Crippen LogP contribution in [-0.4, -0.2) is 53.9 Å². The zero-order chi connectivity index (χ0) is 17.5. The summed E-state index contributed by atoms with van der Waals surface area (Å²) in [5.41, 5.74) is -0.175. The van der Waals surface area contributed by atoms with Gasteiger partial charge in [0.05, 0.1) is 11.4 Å². The molecule has 7 nitrogen and oxygen atoms in total. The van der Waals surface area contributed by atoms with Crippen LogP contribution in [0.3, 0.4) is 0 Å². The molecule has 1 aliphatic carbocycles. The fourth-order valence-corrected chi connectivity index (χ4v) is 5.22. The smallest absolute Gasteiger partial charge is 0.229 e. The SMILES string of the molecule is CCS(=O)(=O)N1CCC2(CC1)CC(Cc1noc(C3CC3)n1)CCO2. The highest BCUT2D eigenvalue weighted by atomic mass is 32.2. The van der Waals surface area contributed by atoms with Gasteiger partial charge in [-0.25, -0.2) is 12.7 Å². The first kappa shape index (κ1) is 17.4. The molecule has 2 saturated heterocycles. The summed E-state index contributed by atoms with van der Waals surface area (Å²) in [6.45, 7) is 3.57. The number of nitrogens with zero attached hydrogens (tertiary/aromatic N) is 3. The molecule has 1 spiro atoms. The third-order valence-corrected chi connectivity index (χ3v) is 7.75. The van der Waals surface area contributed by atoms with Gasteiger partial charge in [0.1, 0.15) is 0 Å². The first-order chi connectivity index (χ1) is 12.0. The van der Waals surface area contributed by atoms with Crippen molar-refractivity contribution in [1.29, 1.82) is 0 Å². The summed E-state index contributed by atoms with van der Waals surface area (Å²) < 4.78 is 37.2. The minimum Gasteiger partial charge on any atom is -0.375 e. The molecule has 1 aromatic heterocycles. The summed E-state index contributed by atoms with van der Waals surface area (Å²) in [7, 11) is -3.09. The molecule has 0 N–H and O–H groups in total. The Labute approximate surface area is 149 Å². The Hall–Kier alpha value is -0.990. The second-order valence-electron chi connectivity index (χ2n) is 7.72. The largest absolute Gasteiger partial charge is 0.375 e. The molecule has 1 unspecified atom stereocenters. The molecule has 3 fully saturated rings. The standard InChI is InChI=1S/C17H27N3O4S/c1-2-25(21,22)20-8-6-17(7-9-20)12-13(5-10-23-17)11-15-18-16(24-19-15)14-3-4-14/h13-14H,2-12H2,1H3. The lowest BCUT2D eigenvalue weighted by Gasteiger charge is -2.45. The fraction of sp³-hybridized carbons (Fsp3) is 0.882. The van der Waals surface area contributed by atoms with Crippen molar-refractivity contribution in [3.63, 3.8) is 0 Å². The molecule has 3 aliphatic rings. The maximum atomic E-state index is 12.1. The Morgan fingerprint density at radius 3 is 2.68 bits per heavy atom. The van der Waals surface area contributed by atoms with Crippen LogP contribution in [-0.2, 0) is 21.2 Å². The fourth-order valence-electron chi connectivity index (χ4n) is 4.11. The molecular weight excluding hydrogens is 342 g/mol. The second-order valence-corrected chi connectivity index (χ2v) is 9.97. The average Bonchev–Trinajstić information content (AvgIpc) is 3.35. The molecule has 2 aliphatic heterocycles. The van der Waals surface area contributed by atoms with Crippen LogP contribution >= 0.6 is 0 Å². The number of rotatable bonds is 5. The minimum atomic E-state index is -3.09. The lowest BCUT2D eigenvalue weighted by molar-refractivity contribution is -0.120. The van der Waals surface area contributed by atoms with E-state index in [1.54, 1.807) is 11.2 Å². The van der Waals surface area contributed by atoms with Gasteiger partial charge in [0.15, 0.2) is 5.82 Å². The highest BCUT2D eigenvalue weighted by molar-refractivity contribution is 7.89. The van der Waals surface area contributed by atoms with E-state index in [0.717, 1.165) is 50.4 Å². The van der Waals surface area contributed by atoms with Crippen LogP contribution < -0.4 is 0 Å². The highest BCUT2D eigenvalue weighted by Gasteiger charge is 2.42. The quantitative estimate of drug-likeness (QED) is 0.790. The van der Waals surface area contributed by atoms with Crippen LogP contribution in [0.15, 0.2) is 4.52 Å². The second kappa shape index (κ2) is 6.63.